The summed E-state index contributed by atoms with van der Waals surface area (Å²) in [6, 6.07) is 16.8. The van der Waals surface area contributed by atoms with Gasteiger partial charge >= 0.3 is 110 Å². The molecule has 0 aliphatic rings. The quantitative estimate of drug-likeness (QED) is 0.777. The third kappa shape index (κ3) is 3.11. The predicted molar refractivity (Wildman–Crippen MR) is 72.2 cm³/mol. The Hall–Kier alpha value is -0.761. The first-order valence-corrected chi connectivity index (χ1v) is 7.36. The van der Waals surface area contributed by atoms with E-state index in [4.69, 9.17) is 4.74 Å². The number of hydrogen-bond donors (Lipinski definition) is 0. The van der Waals surface area contributed by atoms with E-state index >= 15 is 0 Å². The summed E-state index contributed by atoms with van der Waals surface area (Å²) in [6.07, 6.45) is 0. The van der Waals surface area contributed by atoms with Crippen molar-refractivity contribution in [3.8, 4) is 5.75 Å². The van der Waals surface area contributed by atoms with Crippen molar-refractivity contribution in [1.82, 2.24) is 0 Å². The van der Waals surface area contributed by atoms with Gasteiger partial charge in [-0.3, -0.25) is 0 Å². The summed E-state index contributed by atoms with van der Waals surface area (Å²) in [7, 11) is 1.69. The summed E-state index contributed by atoms with van der Waals surface area (Å²) >= 11 is 3.81. The first-order chi connectivity index (χ1) is 7.78. The van der Waals surface area contributed by atoms with Gasteiger partial charge < -0.3 is 0 Å². The van der Waals surface area contributed by atoms with Gasteiger partial charge in [0.05, 0.1) is 0 Å². The molecule has 1 nitrogen and oxygen atoms in total. The molecule has 0 aliphatic carbocycles. The van der Waals surface area contributed by atoms with Crippen LogP contribution >= 0.6 is 15.9 Å². The van der Waals surface area contributed by atoms with Crippen LogP contribution in [0.5, 0.6) is 5.75 Å². The molecule has 0 amide bonds. The summed E-state index contributed by atoms with van der Waals surface area (Å²) in [6.45, 7) is 0. The number of benzene rings is 2. The van der Waals surface area contributed by atoms with Crippen LogP contribution in [0.15, 0.2) is 53.0 Å². The molecule has 0 aliphatic heterocycles. The molecule has 3 heteroatoms. The van der Waals surface area contributed by atoms with Crippen LogP contribution in [0.2, 0.25) is 0 Å². The van der Waals surface area contributed by atoms with Gasteiger partial charge in [0.1, 0.15) is 0 Å². The Morgan fingerprint density at radius 3 is 1.88 bits per heavy atom. The zero-order valence-electron chi connectivity index (χ0n) is 8.81. The third-order valence-electron chi connectivity index (χ3n) is 2.11. The van der Waals surface area contributed by atoms with E-state index in [2.05, 4.69) is 52.3 Å². The molecular formula is C13H11BrOSe. The van der Waals surface area contributed by atoms with Gasteiger partial charge in [0.15, 0.2) is 0 Å². The normalized spacial score (nSPS) is 10.1. The molecule has 0 saturated heterocycles. The Labute approximate surface area is 110 Å². The predicted octanol–water partition coefficient (Wildman–Crippen LogP) is 2.11. The third-order valence-corrected chi connectivity index (χ3v) is 4.77. The molecule has 0 saturated carbocycles. The number of halogens is 1. The van der Waals surface area contributed by atoms with Crippen LogP contribution in [0.25, 0.3) is 0 Å². The van der Waals surface area contributed by atoms with Gasteiger partial charge in [-0.25, -0.2) is 0 Å². The second-order valence-electron chi connectivity index (χ2n) is 3.23. The average molecular weight is 342 g/mol. The minimum atomic E-state index is 0.368. The van der Waals surface area contributed by atoms with Crippen molar-refractivity contribution in [2.24, 2.45) is 0 Å². The maximum absolute atomic E-state index is 5.14. The van der Waals surface area contributed by atoms with Crippen LogP contribution in [-0.4, -0.2) is 22.1 Å². The van der Waals surface area contributed by atoms with Crippen molar-refractivity contribution in [2.45, 2.75) is 0 Å². The van der Waals surface area contributed by atoms with Gasteiger partial charge in [0, 0.05) is 0 Å². The average Bonchev–Trinajstić information content (AvgIpc) is 2.33. The van der Waals surface area contributed by atoms with Crippen LogP contribution in [-0.2, 0) is 0 Å². The maximum atomic E-state index is 5.14. The molecule has 0 spiro atoms. The van der Waals surface area contributed by atoms with Crippen molar-refractivity contribution in [3.63, 3.8) is 0 Å². The Morgan fingerprint density at radius 1 is 0.875 bits per heavy atom. The number of rotatable bonds is 3. The molecule has 2 aromatic carbocycles. The van der Waals surface area contributed by atoms with Gasteiger partial charge in [0.2, 0.25) is 0 Å². The fourth-order valence-corrected chi connectivity index (χ4v) is 3.26. The standard InChI is InChI=1S/C13H11BrOSe/c1-15-11-4-8-13(9-5-11)16-12-6-2-10(14)3-7-12/h2-9H,1H3. The van der Waals surface area contributed by atoms with Crippen LogP contribution in [0.3, 0.4) is 0 Å². The van der Waals surface area contributed by atoms with E-state index in [1.807, 2.05) is 12.1 Å². The monoisotopic (exact) mass is 342 g/mol. The van der Waals surface area contributed by atoms with Crippen molar-refractivity contribution in [3.05, 3.63) is 53.0 Å². The molecule has 0 atom stereocenters. The molecule has 0 aromatic heterocycles. The van der Waals surface area contributed by atoms with E-state index in [0.29, 0.717) is 15.0 Å². The topological polar surface area (TPSA) is 9.23 Å². The zero-order valence-corrected chi connectivity index (χ0v) is 12.1. The fourth-order valence-electron chi connectivity index (χ4n) is 1.28. The van der Waals surface area contributed by atoms with E-state index in [-0.39, 0.29) is 0 Å². The molecule has 0 N–H and O–H groups in total. The second-order valence-corrected chi connectivity index (χ2v) is 6.55. The summed E-state index contributed by atoms with van der Waals surface area (Å²) in [4.78, 5) is 0. The van der Waals surface area contributed by atoms with E-state index in [9.17, 15) is 0 Å². The van der Waals surface area contributed by atoms with Gasteiger partial charge in [-0.2, -0.15) is 0 Å². The molecule has 0 bridgehead atoms. The number of methoxy groups -OCH3 is 1. The van der Waals surface area contributed by atoms with Gasteiger partial charge in [-0.1, -0.05) is 0 Å². The SMILES string of the molecule is COc1ccc([Se]c2ccc(Br)cc2)cc1. The first kappa shape index (κ1) is 11.7. The Balaban J connectivity index is 2.11. The Kier molecular flexibility index (Phi) is 4.05. The number of ether oxygens (including phenoxy) is 1. The molecule has 0 heterocycles. The van der Waals surface area contributed by atoms with E-state index in [1.165, 1.54) is 8.92 Å². The Morgan fingerprint density at radius 2 is 1.38 bits per heavy atom. The van der Waals surface area contributed by atoms with E-state index in [0.717, 1.165) is 10.2 Å². The van der Waals surface area contributed by atoms with Crippen LogP contribution in [0.4, 0.5) is 0 Å². The zero-order chi connectivity index (χ0) is 11.4. The molecule has 16 heavy (non-hydrogen) atoms. The van der Waals surface area contributed by atoms with Gasteiger partial charge in [-0.15, -0.1) is 0 Å². The van der Waals surface area contributed by atoms with Crippen LogP contribution < -0.4 is 13.7 Å². The van der Waals surface area contributed by atoms with Crippen LogP contribution in [0, 0.1) is 0 Å². The molecule has 0 fully saturated rings. The van der Waals surface area contributed by atoms with E-state index in [1.54, 1.807) is 7.11 Å². The van der Waals surface area contributed by atoms with Gasteiger partial charge in [0.25, 0.3) is 0 Å². The second kappa shape index (κ2) is 5.53. The summed E-state index contributed by atoms with van der Waals surface area (Å²) in [5.41, 5.74) is 0. The van der Waals surface area contributed by atoms with Gasteiger partial charge in [-0.05, 0) is 0 Å². The molecule has 82 valence electrons. The molecule has 0 radical (unpaired) electrons. The fraction of sp³-hybridized carbons (Fsp3) is 0.0769. The minimum absolute atomic E-state index is 0.368. The van der Waals surface area contributed by atoms with Crippen molar-refractivity contribution in [1.29, 1.82) is 0 Å². The van der Waals surface area contributed by atoms with Crippen molar-refractivity contribution >= 4 is 39.8 Å². The molecular weight excluding hydrogens is 331 g/mol. The summed E-state index contributed by atoms with van der Waals surface area (Å²) < 4.78 is 9.00. The van der Waals surface area contributed by atoms with Crippen LogP contribution in [0.1, 0.15) is 0 Å². The number of hydrogen-bond acceptors (Lipinski definition) is 1. The molecule has 2 rings (SSSR count). The van der Waals surface area contributed by atoms with Crippen molar-refractivity contribution in [2.75, 3.05) is 7.11 Å². The van der Waals surface area contributed by atoms with Crippen molar-refractivity contribution < 1.29 is 4.74 Å². The Bertz CT molecular complexity index is 450. The molecule has 0 unspecified atom stereocenters. The summed E-state index contributed by atoms with van der Waals surface area (Å²) in [5, 5.41) is 0. The summed E-state index contributed by atoms with van der Waals surface area (Å²) in [5.74, 6) is 0.912. The first-order valence-electron chi connectivity index (χ1n) is 4.85. The van der Waals surface area contributed by atoms with E-state index < -0.39 is 0 Å². The molecule has 2 aromatic rings.